The molecule has 6 heteroatoms. The maximum Gasteiger partial charge on any atom is 0.252 e. The summed E-state index contributed by atoms with van der Waals surface area (Å²) in [5, 5.41) is 3.81. The van der Waals surface area contributed by atoms with Gasteiger partial charge in [-0.2, -0.15) is 4.98 Å². The molecule has 1 rings (SSSR count). The zero-order chi connectivity index (χ0) is 12.9. The summed E-state index contributed by atoms with van der Waals surface area (Å²) in [5.41, 5.74) is 5.25. The summed E-state index contributed by atoms with van der Waals surface area (Å²) >= 11 is 0. The predicted molar refractivity (Wildman–Crippen MR) is 62.3 cm³/mol. The van der Waals surface area contributed by atoms with Crippen LogP contribution in [0.1, 0.15) is 39.4 Å². The zero-order valence-electron chi connectivity index (χ0n) is 10.9. The van der Waals surface area contributed by atoms with Crippen molar-refractivity contribution in [2.45, 2.75) is 45.9 Å². The third kappa shape index (κ3) is 4.80. The third-order valence-corrected chi connectivity index (χ3v) is 2.09. The number of nitrogens with two attached hydrogens (primary N) is 1. The first-order chi connectivity index (χ1) is 7.93. The Hall–Kier alpha value is -0.980. The molecule has 0 fully saturated rings. The van der Waals surface area contributed by atoms with Crippen LogP contribution in [-0.2, 0) is 21.6 Å². The molecule has 1 atom stereocenters. The number of hydrogen-bond acceptors (Lipinski definition) is 6. The molecule has 1 unspecified atom stereocenters. The van der Waals surface area contributed by atoms with Gasteiger partial charge >= 0.3 is 0 Å². The molecular formula is C11H21N3O3. The minimum Gasteiger partial charge on any atom is -0.379 e. The van der Waals surface area contributed by atoms with Crippen molar-refractivity contribution in [3.05, 3.63) is 11.7 Å². The summed E-state index contributed by atoms with van der Waals surface area (Å²) in [6, 6.07) is 0. The van der Waals surface area contributed by atoms with Crippen molar-refractivity contribution in [1.29, 1.82) is 0 Å². The fraction of sp³-hybridized carbons (Fsp3) is 0.818. The van der Waals surface area contributed by atoms with E-state index in [4.69, 9.17) is 19.7 Å². The first-order valence-electron chi connectivity index (χ1n) is 5.74. The molecule has 1 heterocycles. The predicted octanol–water partition coefficient (Wildman–Crippen LogP) is 1.21. The van der Waals surface area contributed by atoms with Gasteiger partial charge < -0.3 is 19.7 Å². The molecule has 0 saturated heterocycles. The average Bonchev–Trinajstić information content (AvgIpc) is 2.71. The average molecular weight is 243 g/mol. The van der Waals surface area contributed by atoms with Crippen molar-refractivity contribution in [1.82, 2.24) is 10.1 Å². The molecule has 0 aromatic carbocycles. The molecule has 0 spiro atoms. The van der Waals surface area contributed by atoms with Gasteiger partial charge in [-0.15, -0.1) is 0 Å². The SMILES string of the molecule is CCOCC(C)OCc1nc(C(C)(C)N)no1. The molecule has 0 amide bonds. The number of aromatic nitrogens is 2. The Bertz CT molecular complexity index is 333. The normalized spacial score (nSPS) is 13.9. The Morgan fingerprint density at radius 1 is 1.47 bits per heavy atom. The van der Waals surface area contributed by atoms with Crippen LogP contribution in [0.4, 0.5) is 0 Å². The maximum atomic E-state index is 5.85. The van der Waals surface area contributed by atoms with E-state index in [0.717, 1.165) is 0 Å². The molecule has 6 nitrogen and oxygen atoms in total. The van der Waals surface area contributed by atoms with Crippen molar-refractivity contribution < 1.29 is 14.0 Å². The highest BCUT2D eigenvalue weighted by Gasteiger charge is 2.21. The molecule has 0 radical (unpaired) electrons. The second kappa shape index (κ2) is 6.09. The van der Waals surface area contributed by atoms with Gasteiger partial charge in [0.05, 0.1) is 18.2 Å². The number of nitrogens with zero attached hydrogens (tertiary/aromatic N) is 2. The van der Waals surface area contributed by atoms with Gasteiger partial charge in [-0.3, -0.25) is 0 Å². The fourth-order valence-electron chi connectivity index (χ4n) is 1.12. The van der Waals surface area contributed by atoms with E-state index in [9.17, 15) is 0 Å². The molecule has 0 aliphatic rings. The van der Waals surface area contributed by atoms with Gasteiger partial charge in [0.1, 0.15) is 6.61 Å². The molecule has 1 aromatic rings. The number of ether oxygens (including phenoxy) is 2. The van der Waals surface area contributed by atoms with Crippen LogP contribution in [0.25, 0.3) is 0 Å². The molecular weight excluding hydrogens is 222 g/mol. The number of rotatable bonds is 7. The summed E-state index contributed by atoms with van der Waals surface area (Å²) in [5.74, 6) is 0.912. The van der Waals surface area contributed by atoms with Crippen molar-refractivity contribution >= 4 is 0 Å². The van der Waals surface area contributed by atoms with Crippen molar-refractivity contribution in [3.63, 3.8) is 0 Å². The van der Waals surface area contributed by atoms with E-state index in [2.05, 4.69) is 10.1 Å². The van der Waals surface area contributed by atoms with Gasteiger partial charge in [0, 0.05) is 6.61 Å². The Kier molecular flexibility index (Phi) is 5.04. The summed E-state index contributed by atoms with van der Waals surface area (Å²) < 4.78 is 15.8. The molecule has 17 heavy (non-hydrogen) atoms. The Balaban J connectivity index is 2.40. The first kappa shape index (κ1) is 14.1. The highest BCUT2D eigenvalue weighted by molar-refractivity contribution is 4.98. The van der Waals surface area contributed by atoms with Crippen LogP contribution >= 0.6 is 0 Å². The smallest absolute Gasteiger partial charge is 0.252 e. The monoisotopic (exact) mass is 243 g/mol. The van der Waals surface area contributed by atoms with Crippen molar-refractivity contribution in [2.75, 3.05) is 13.2 Å². The maximum absolute atomic E-state index is 5.85. The second-order valence-electron chi connectivity index (χ2n) is 4.51. The van der Waals surface area contributed by atoms with Crippen LogP contribution in [0.2, 0.25) is 0 Å². The van der Waals surface area contributed by atoms with Gasteiger partial charge in [0.15, 0.2) is 5.82 Å². The van der Waals surface area contributed by atoms with Gasteiger partial charge in [-0.25, -0.2) is 0 Å². The minimum atomic E-state index is -0.599. The molecule has 2 N–H and O–H groups in total. The lowest BCUT2D eigenvalue weighted by Crippen LogP contribution is -2.30. The van der Waals surface area contributed by atoms with Crippen molar-refractivity contribution in [2.24, 2.45) is 5.73 Å². The molecule has 0 aliphatic heterocycles. The Morgan fingerprint density at radius 3 is 2.71 bits per heavy atom. The van der Waals surface area contributed by atoms with Gasteiger partial charge in [0.25, 0.3) is 5.89 Å². The van der Waals surface area contributed by atoms with E-state index in [1.54, 1.807) is 0 Å². The molecule has 0 saturated carbocycles. The van der Waals surface area contributed by atoms with E-state index in [1.807, 2.05) is 27.7 Å². The van der Waals surface area contributed by atoms with Crippen LogP contribution in [0.3, 0.4) is 0 Å². The quantitative estimate of drug-likeness (QED) is 0.774. The number of hydrogen-bond donors (Lipinski definition) is 1. The second-order valence-corrected chi connectivity index (χ2v) is 4.51. The molecule has 98 valence electrons. The summed E-state index contributed by atoms with van der Waals surface area (Å²) in [6.07, 6.45) is -0.00353. The fourth-order valence-corrected chi connectivity index (χ4v) is 1.12. The van der Waals surface area contributed by atoms with Crippen molar-refractivity contribution in [3.8, 4) is 0 Å². The zero-order valence-corrected chi connectivity index (χ0v) is 10.9. The van der Waals surface area contributed by atoms with Crippen LogP contribution in [0.5, 0.6) is 0 Å². The van der Waals surface area contributed by atoms with E-state index < -0.39 is 5.54 Å². The minimum absolute atomic E-state index is 0.00353. The summed E-state index contributed by atoms with van der Waals surface area (Å²) in [4.78, 5) is 4.17. The lowest BCUT2D eigenvalue weighted by molar-refractivity contribution is -0.0198. The van der Waals surface area contributed by atoms with E-state index in [1.165, 1.54) is 0 Å². The van der Waals surface area contributed by atoms with Gasteiger partial charge in [0.2, 0.25) is 0 Å². The summed E-state index contributed by atoms with van der Waals surface area (Å²) in [7, 11) is 0. The van der Waals surface area contributed by atoms with Gasteiger partial charge in [-0.05, 0) is 27.7 Å². The third-order valence-electron chi connectivity index (χ3n) is 2.09. The van der Waals surface area contributed by atoms with Crippen LogP contribution < -0.4 is 5.73 Å². The van der Waals surface area contributed by atoms with Crippen LogP contribution in [0.15, 0.2) is 4.52 Å². The van der Waals surface area contributed by atoms with E-state index >= 15 is 0 Å². The Morgan fingerprint density at radius 2 is 2.18 bits per heavy atom. The highest BCUT2D eigenvalue weighted by Crippen LogP contribution is 2.13. The molecule has 0 aliphatic carbocycles. The Labute approximate surface area is 101 Å². The lowest BCUT2D eigenvalue weighted by Gasteiger charge is -2.12. The van der Waals surface area contributed by atoms with E-state index in [-0.39, 0.29) is 12.7 Å². The lowest BCUT2D eigenvalue weighted by atomic mass is 10.1. The van der Waals surface area contributed by atoms with Crippen LogP contribution in [0, 0.1) is 0 Å². The largest absolute Gasteiger partial charge is 0.379 e. The standard InChI is InChI=1S/C11H21N3O3/c1-5-15-6-8(2)16-7-9-13-10(14-17-9)11(3,4)12/h8H,5-7,12H2,1-4H3. The summed E-state index contributed by atoms with van der Waals surface area (Å²) in [6.45, 7) is 9.03. The molecule has 0 bridgehead atoms. The topological polar surface area (TPSA) is 83.4 Å². The van der Waals surface area contributed by atoms with Crippen LogP contribution in [-0.4, -0.2) is 29.5 Å². The van der Waals surface area contributed by atoms with Gasteiger partial charge in [-0.1, -0.05) is 5.16 Å². The highest BCUT2D eigenvalue weighted by atomic mass is 16.5. The first-order valence-corrected chi connectivity index (χ1v) is 5.74. The molecule has 1 aromatic heterocycles. The van der Waals surface area contributed by atoms with E-state index in [0.29, 0.717) is 24.9 Å².